The van der Waals surface area contributed by atoms with Crippen molar-refractivity contribution in [2.75, 3.05) is 7.11 Å². The Morgan fingerprint density at radius 3 is 2.25 bits per heavy atom. The van der Waals surface area contributed by atoms with Gasteiger partial charge in [0.15, 0.2) is 0 Å². The number of benzene rings is 1. The fraction of sp³-hybridized carbons (Fsp3) is 0.467. The minimum Gasteiger partial charge on any atom is -0.497 e. The van der Waals surface area contributed by atoms with Gasteiger partial charge in [0.1, 0.15) is 5.75 Å². The van der Waals surface area contributed by atoms with Crippen LogP contribution in [0.5, 0.6) is 5.75 Å². The van der Waals surface area contributed by atoms with E-state index >= 15 is 0 Å². The van der Waals surface area contributed by atoms with Crippen LogP contribution in [0.2, 0.25) is 0 Å². The lowest BCUT2D eigenvalue weighted by atomic mass is 9.99. The Kier molecular flexibility index (Phi) is 5.10. The van der Waals surface area contributed by atoms with Crippen molar-refractivity contribution in [3.05, 3.63) is 42.0 Å². The number of allylic oxidation sites excluding steroid dienone is 2. The molecule has 1 aromatic rings. The first kappa shape index (κ1) is 12.8. The number of methoxy groups -OCH3 is 1. The molecular formula is C15H22O. The zero-order valence-electron chi connectivity index (χ0n) is 10.7. The molecule has 0 saturated heterocycles. The molecule has 1 rings (SSSR count). The molecular weight excluding hydrogens is 196 g/mol. The Morgan fingerprint density at radius 1 is 1.12 bits per heavy atom. The third-order valence-corrected chi connectivity index (χ3v) is 2.67. The molecule has 1 nitrogen and oxygen atoms in total. The Morgan fingerprint density at radius 2 is 1.75 bits per heavy atom. The third-order valence-electron chi connectivity index (χ3n) is 2.67. The second kappa shape index (κ2) is 6.37. The van der Waals surface area contributed by atoms with E-state index in [-0.39, 0.29) is 0 Å². The maximum absolute atomic E-state index is 5.14. The second-order valence-electron chi connectivity index (χ2n) is 4.62. The van der Waals surface area contributed by atoms with E-state index in [1.807, 2.05) is 12.1 Å². The molecule has 0 aromatic heterocycles. The zero-order chi connectivity index (χ0) is 12.0. The van der Waals surface area contributed by atoms with E-state index in [0.29, 0.717) is 5.92 Å². The minimum atomic E-state index is 0.477. The summed E-state index contributed by atoms with van der Waals surface area (Å²) in [6.45, 7) is 6.70. The van der Waals surface area contributed by atoms with E-state index in [0.717, 1.165) is 18.1 Å². The van der Waals surface area contributed by atoms with Crippen molar-refractivity contribution in [3.63, 3.8) is 0 Å². The van der Waals surface area contributed by atoms with Crippen LogP contribution >= 0.6 is 0 Å². The maximum Gasteiger partial charge on any atom is 0.118 e. The van der Waals surface area contributed by atoms with Crippen LogP contribution in [-0.2, 0) is 0 Å². The molecule has 88 valence electrons. The van der Waals surface area contributed by atoms with Crippen LogP contribution in [0.3, 0.4) is 0 Å². The summed E-state index contributed by atoms with van der Waals surface area (Å²) in [6.07, 6.45) is 5.71. The van der Waals surface area contributed by atoms with Gasteiger partial charge in [0.25, 0.3) is 0 Å². The Balaban J connectivity index is 2.58. The molecule has 0 aliphatic carbocycles. The van der Waals surface area contributed by atoms with E-state index < -0.39 is 0 Å². The molecule has 16 heavy (non-hydrogen) atoms. The Labute approximate surface area is 99.1 Å². The van der Waals surface area contributed by atoms with E-state index in [1.54, 1.807) is 7.11 Å². The smallest absolute Gasteiger partial charge is 0.118 e. The van der Waals surface area contributed by atoms with Crippen LogP contribution < -0.4 is 4.74 Å². The van der Waals surface area contributed by atoms with Crippen LogP contribution in [0, 0.1) is 5.92 Å². The lowest BCUT2D eigenvalue weighted by molar-refractivity contribution is 0.414. The third kappa shape index (κ3) is 4.09. The Bertz CT molecular complexity index is 322. The normalized spacial score (nSPS) is 13.3. The van der Waals surface area contributed by atoms with Crippen LogP contribution in [0.15, 0.2) is 36.4 Å². The Hall–Kier alpha value is -1.24. The van der Waals surface area contributed by atoms with Crippen LogP contribution in [0.4, 0.5) is 0 Å². The van der Waals surface area contributed by atoms with Gasteiger partial charge in [-0.05, 0) is 36.0 Å². The topological polar surface area (TPSA) is 9.23 Å². The summed E-state index contributed by atoms with van der Waals surface area (Å²) < 4.78 is 5.14. The second-order valence-corrected chi connectivity index (χ2v) is 4.62. The van der Waals surface area contributed by atoms with Crippen molar-refractivity contribution in [2.45, 2.75) is 33.1 Å². The van der Waals surface area contributed by atoms with Gasteiger partial charge in [-0.3, -0.25) is 0 Å². The van der Waals surface area contributed by atoms with E-state index in [4.69, 9.17) is 4.74 Å². The van der Waals surface area contributed by atoms with Gasteiger partial charge in [0.05, 0.1) is 7.11 Å². The highest BCUT2D eigenvalue weighted by molar-refractivity contribution is 5.30. The molecule has 0 fully saturated rings. The summed E-state index contributed by atoms with van der Waals surface area (Å²) >= 11 is 0. The van der Waals surface area contributed by atoms with Crippen LogP contribution in [0.25, 0.3) is 0 Å². The van der Waals surface area contributed by atoms with Crippen molar-refractivity contribution in [1.29, 1.82) is 0 Å². The number of ether oxygens (including phenoxy) is 1. The predicted octanol–water partition coefficient (Wildman–Crippen LogP) is 4.40. The SMILES string of the molecule is COc1ccc([C@H](C)/C=C/CC(C)C)cc1. The molecule has 0 unspecified atom stereocenters. The monoisotopic (exact) mass is 218 g/mol. The van der Waals surface area contributed by atoms with Crippen molar-refractivity contribution in [3.8, 4) is 5.75 Å². The maximum atomic E-state index is 5.14. The first-order valence-corrected chi connectivity index (χ1v) is 5.94. The van der Waals surface area contributed by atoms with E-state index in [9.17, 15) is 0 Å². The highest BCUT2D eigenvalue weighted by Crippen LogP contribution is 2.20. The summed E-state index contributed by atoms with van der Waals surface area (Å²) in [5.74, 6) is 2.13. The van der Waals surface area contributed by atoms with Gasteiger partial charge in [-0.1, -0.05) is 45.1 Å². The molecule has 0 spiro atoms. The first-order valence-electron chi connectivity index (χ1n) is 5.94. The molecule has 1 heteroatoms. The first-order chi connectivity index (χ1) is 7.63. The lowest BCUT2D eigenvalue weighted by Crippen LogP contribution is -1.90. The number of hydrogen-bond donors (Lipinski definition) is 0. The fourth-order valence-corrected chi connectivity index (χ4v) is 1.57. The summed E-state index contributed by atoms with van der Waals surface area (Å²) in [7, 11) is 1.70. The van der Waals surface area contributed by atoms with Crippen LogP contribution in [0.1, 0.15) is 38.7 Å². The lowest BCUT2D eigenvalue weighted by Gasteiger charge is -2.08. The van der Waals surface area contributed by atoms with Gasteiger partial charge >= 0.3 is 0 Å². The average molecular weight is 218 g/mol. The highest BCUT2D eigenvalue weighted by Gasteiger charge is 2.01. The number of rotatable bonds is 5. The van der Waals surface area contributed by atoms with Gasteiger partial charge in [0, 0.05) is 0 Å². The molecule has 0 bridgehead atoms. The van der Waals surface area contributed by atoms with Gasteiger partial charge in [0.2, 0.25) is 0 Å². The van der Waals surface area contributed by atoms with Crippen molar-refractivity contribution >= 4 is 0 Å². The highest BCUT2D eigenvalue weighted by atomic mass is 16.5. The minimum absolute atomic E-state index is 0.477. The molecule has 0 aliphatic heterocycles. The molecule has 0 amide bonds. The molecule has 0 aliphatic rings. The fourth-order valence-electron chi connectivity index (χ4n) is 1.57. The van der Waals surface area contributed by atoms with Crippen molar-refractivity contribution in [2.24, 2.45) is 5.92 Å². The van der Waals surface area contributed by atoms with Crippen molar-refractivity contribution < 1.29 is 4.74 Å². The predicted molar refractivity (Wildman–Crippen MR) is 70.0 cm³/mol. The van der Waals surface area contributed by atoms with Gasteiger partial charge in [-0.15, -0.1) is 0 Å². The molecule has 1 aromatic carbocycles. The summed E-state index contributed by atoms with van der Waals surface area (Å²) in [5, 5.41) is 0. The molecule has 0 saturated carbocycles. The van der Waals surface area contributed by atoms with Crippen molar-refractivity contribution in [1.82, 2.24) is 0 Å². The molecule has 1 atom stereocenters. The average Bonchev–Trinajstić information content (AvgIpc) is 2.28. The van der Waals surface area contributed by atoms with Gasteiger partial charge in [-0.25, -0.2) is 0 Å². The molecule has 0 heterocycles. The van der Waals surface area contributed by atoms with E-state index in [1.165, 1.54) is 5.56 Å². The summed E-state index contributed by atoms with van der Waals surface area (Å²) in [6, 6.07) is 8.29. The van der Waals surface area contributed by atoms with Gasteiger partial charge in [-0.2, -0.15) is 0 Å². The molecule has 0 N–H and O–H groups in total. The zero-order valence-corrected chi connectivity index (χ0v) is 10.7. The largest absolute Gasteiger partial charge is 0.497 e. The van der Waals surface area contributed by atoms with Gasteiger partial charge < -0.3 is 4.74 Å². The van der Waals surface area contributed by atoms with E-state index in [2.05, 4.69) is 45.1 Å². The summed E-state index contributed by atoms with van der Waals surface area (Å²) in [5.41, 5.74) is 1.33. The standard InChI is InChI=1S/C15H22O/c1-12(2)6-5-7-13(3)14-8-10-15(16-4)11-9-14/h5,7-13H,6H2,1-4H3/b7-5+/t13-/m1/s1. The quantitative estimate of drug-likeness (QED) is 0.665. The number of hydrogen-bond acceptors (Lipinski definition) is 1. The molecule has 0 radical (unpaired) electrons. The summed E-state index contributed by atoms with van der Waals surface area (Å²) in [4.78, 5) is 0. The van der Waals surface area contributed by atoms with Crippen LogP contribution in [-0.4, -0.2) is 7.11 Å².